The number of esters is 1. The Balaban J connectivity index is 2.11. The molecule has 1 aromatic heterocycles. The second-order valence-corrected chi connectivity index (χ2v) is 5.78. The van der Waals surface area contributed by atoms with E-state index in [0.717, 1.165) is 4.57 Å². The smallest absolute Gasteiger partial charge is 0.328 e. The topological polar surface area (TPSA) is 81.2 Å². The summed E-state index contributed by atoms with van der Waals surface area (Å²) in [5, 5.41) is 0.492. The fourth-order valence-electron chi connectivity index (χ4n) is 1.84. The van der Waals surface area contributed by atoms with Crippen LogP contribution in [0.2, 0.25) is 5.02 Å². The van der Waals surface area contributed by atoms with Gasteiger partial charge >= 0.3 is 11.7 Å². The zero-order valence-corrected chi connectivity index (χ0v) is 13.8. The highest BCUT2D eigenvalue weighted by Gasteiger charge is 2.15. The van der Waals surface area contributed by atoms with E-state index in [1.54, 1.807) is 31.2 Å². The summed E-state index contributed by atoms with van der Waals surface area (Å²) in [5.41, 5.74) is -0.567. The third kappa shape index (κ3) is 3.86. The molecule has 8 heteroatoms. The SMILES string of the molecule is CC(OC(=O)Cn1cc(Br)c(=O)[nH]c1=O)c1ccccc1Cl. The average Bonchev–Trinajstić information content (AvgIpc) is 2.45. The molecule has 0 spiro atoms. The third-order valence-electron chi connectivity index (χ3n) is 2.92. The molecule has 0 radical (unpaired) electrons. The number of nitrogens with zero attached hydrogens (tertiary/aromatic N) is 1. The second-order valence-electron chi connectivity index (χ2n) is 4.52. The Hall–Kier alpha value is -1.86. The van der Waals surface area contributed by atoms with Crippen molar-refractivity contribution in [3.63, 3.8) is 0 Å². The normalized spacial score (nSPS) is 12.0. The minimum absolute atomic E-state index is 0.152. The minimum Gasteiger partial charge on any atom is -0.456 e. The molecule has 0 amide bonds. The van der Waals surface area contributed by atoms with Gasteiger partial charge in [-0.15, -0.1) is 0 Å². The first-order valence-corrected chi connectivity index (χ1v) is 7.48. The molecule has 0 aliphatic heterocycles. The fraction of sp³-hybridized carbons (Fsp3) is 0.214. The summed E-state index contributed by atoms with van der Waals surface area (Å²) in [7, 11) is 0. The van der Waals surface area contributed by atoms with Crippen LogP contribution in [0.3, 0.4) is 0 Å². The number of carbonyl (C=O) groups is 1. The van der Waals surface area contributed by atoms with Gasteiger partial charge in [0.2, 0.25) is 0 Å². The van der Waals surface area contributed by atoms with Crippen molar-refractivity contribution in [2.75, 3.05) is 0 Å². The van der Waals surface area contributed by atoms with E-state index in [9.17, 15) is 14.4 Å². The second kappa shape index (κ2) is 6.93. The Morgan fingerprint density at radius 3 is 2.77 bits per heavy atom. The molecule has 1 unspecified atom stereocenters. The summed E-state index contributed by atoms with van der Waals surface area (Å²) in [6.07, 6.45) is 0.686. The van der Waals surface area contributed by atoms with Crippen molar-refractivity contribution in [3.8, 4) is 0 Å². The molecule has 0 saturated heterocycles. The third-order valence-corrected chi connectivity index (χ3v) is 3.83. The highest BCUT2D eigenvalue weighted by molar-refractivity contribution is 9.10. The quantitative estimate of drug-likeness (QED) is 0.816. The Morgan fingerprint density at radius 1 is 1.41 bits per heavy atom. The summed E-state index contributed by atoms with van der Waals surface area (Å²) >= 11 is 9.03. The largest absolute Gasteiger partial charge is 0.456 e. The lowest BCUT2D eigenvalue weighted by Gasteiger charge is -2.15. The van der Waals surface area contributed by atoms with Crippen LogP contribution >= 0.6 is 27.5 Å². The Labute approximate surface area is 138 Å². The molecule has 0 saturated carbocycles. The molecule has 0 aliphatic carbocycles. The van der Waals surface area contributed by atoms with Crippen LogP contribution in [-0.2, 0) is 16.1 Å². The van der Waals surface area contributed by atoms with Gasteiger partial charge in [0, 0.05) is 16.8 Å². The van der Waals surface area contributed by atoms with Crippen molar-refractivity contribution in [3.05, 3.63) is 66.4 Å². The van der Waals surface area contributed by atoms with Crippen molar-refractivity contribution in [1.82, 2.24) is 9.55 Å². The van der Waals surface area contributed by atoms with Gasteiger partial charge in [0.05, 0.1) is 4.47 Å². The fourth-order valence-corrected chi connectivity index (χ4v) is 2.48. The summed E-state index contributed by atoms with van der Waals surface area (Å²) in [4.78, 5) is 36.8. The van der Waals surface area contributed by atoms with Gasteiger partial charge in [0.1, 0.15) is 12.6 Å². The number of halogens is 2. The molecule has 0 fully saturated rings. The van der Waals surface area contributed by atoms with E-state index in [2.05, 4.69) is 20.9 Å². The van der Waals surface area contributed by atoms with E-state index in [4.69, 9.17) is 16.3 Å². The molecule has 6 nitrogen and oxygen atoms in total. The van der Waals surface area contributed by atoms with Gasteiger partial charge in [-0.05, 0) is 28.9 Å². The molecule has 1 atom stereocenters. The van der Waals surface area contributed by atoms with Crippen LogP contribution in [0.15, 0.2) is 44.5 Å². The molecule has 22 heavy (non-hydrogen) atoms. The first-order valence-electron chi connectivity index (χ1n) is 6.31. The maximum absolute atomic E-state index is 11.9. The van der Waals surface area contributed by atoms with Crippen LogP contribution < -0.4 is 11.2 Å². The van der Waals surface area contributed by atoms with Crippen molar-refractivity contribution >= 4 is 33.5 Å². The number of hydrogen-bond acceptors (Lipinski definition) is 4. The number of benzene rings is 1. The number of carbonyl (C=O) groups excluding carboxylic acids is 1. The Kier molecular flexibility index (Phi) is 5.20. The standard InChI is InChI=1S/C14H12BrClN2O4/c1-8(9-4-2-3-5-11(9)16)22-12(19)7-18-6-10(15)13(20)17-14(18)21/h2-6,8H,7H2,1H3,(H,17,20,21). The van der Waals surface area contributed by atoms with Crippen molar-refractivity contribution < 1.29 is 9.53 Å². The summed E-state index contributed by atoms with van der Waals surface area (Å²) in [6, 6.07) is 7.01. The molecule has 2 aromatic rings. The summed E-state index contributed by atoms with van der Waals surface area (Å²) < 4.78 is 6.46. The van der Waals surface area contributed by atoms with Crippen LogP contribution in [-0.4, -0.2) is 15.5 Å². The van der Waals surface area contributed by atoms with Crippen LogP contribution in [0.25, 0.3) is 0 Å². The number of H-pyrrole nitrogens is 1. The molecule has 1 aromatic carbocycles. The van der Waals surface area contributed by atoms with Gasteiger partial charge in [-0.1, -0.05) is 29.8 Å². The number of nitrogens with one attached hydrogen (secondary N) is 1. The van der Waals surface area contributed by atoms with Crippen LogP contribution in [0.4, 0.5) is 0 Å². The predicted molar refractivity (Wildman–Crippen MR) is 85.0 cm³/mol. The van der Waals surface area contributed by atoms with E-state index >= 15 is 0 Å². The minimum atomic E-state index is -0.685. The molecule has 1 N–H and O–H groups in total. The van der Waals surface area contributed by atoms with Crippen LogP contribution in [0.1, 0.15) is 18.6 Å². The van der Waals surface area contributed by atoms with Crippen LogP contribution in [0.5, 0.6) is 0 Å². The zero-order chi connectivity index (χ0) is 16.3. The zero-order valence-electron chi connectivity index (χ0n) is 11.5. The lowest BCUT2D eigenvalue weighted by Crippen LogP contribution is -2.32. The Morgan fingerprint density at radius 2 is 2.09 bits per heavy atom. The van der Waals surface area contributed by atoms with Gasteiger partial charge in [0.15, 0.2) is 0 Å². The number of aromatic nitrogens is 2. The average molecular weight is 388 g/mol. The predicted octanol–water partition coefficient (Wildman–Crippen LogP) is 2.26. The van der Waals surface area contributed by atoms with Crippen molar-refractivity contribution in [2.45, 2.75) is 19.6 Å². The van der Waals surface area contributed by atoms with Gasteiger partial charge in [-0.25, -0.2) is 4.79 Å². The molecular formula is C14H12BrClN2O4. The van der Waals surface area contributed by atoms with Crippen LogP contribution in [0, 0.1) is 0 Å². The van der Waals surface area contributed by atoms with Gasteiger partial charge in [-0.2, -0.15) is 0 Å². The lowest BCUT2D eigenvalue weighted by molar-refractivity contribution is -0.149. The monoisotopic (exact) mass is 386 g/mol. The number of hydrogen-bond donors (Lipinski definition) is 1. The molecule has 0 bridgehead atoms. The molecule has 1 heterocycles. The molecule has 2 rings (SSSR count). The maximum Gasteiger partial charge on any atom is 0.328 e. The van der Waals surface area contributed by atoms with E-state index in [1.165, 1.54) is 6.20 Å². The van der Waals surface area contributed by atoms with Crippen molar-refractivity contribution in [2.24, 2.45) is 0 Å². The van der Waals surface area contributed by atoms with Gasteiger partial charge in [0.25, 0.3) is 5.56 Å². The molecule has 116 valence electrons. The van der Waals surface area contributed by atoms with Gasteiger partial charge < -0.3 is 4.74 Å². The van der Waals surface area contributed by atoms with E-state index in [0.29, 0.717) is 10.6 Å². The Bertz CT molecular complexity index is 815. The molecular weight excluding hydrogens is 376 g/mol. The van der Waals surface area contributed by atoms with E-state index in [1.807, 2.05) is 0 Å². The lowest BCUT2D eigenvalue weighted by atomic mass is 10.1. The van der Waals surface area contributed by atoms with E-state index in [-0.39, 0.29) is 11.0 Å². The summed E-state index contributed by atoms with van der Waals surface area (Å²) in [5.74, 6) is -0.617. The number of rotatable bonds is 4. The first-order chi connectivity index (χ1) is 10.4. The van der Waals surface area contributed by atoms with E-state index < -0.39 is 23.3 Å². The first kappa shape index (κ1) is 16.5. The number of ether oxygens (including phenoxy) is 1. The highest BCUT2D eigenvalue weighted by atomic mass is 79.9. The highest BCUT2D eigenvalue weighted by Crippen LogP contribution is 2.24. The molecule has 0 aliphatic rings. The summed E-state index contributed by atoms with van der Waals surface area (Å²) in [6.45, 7) is 1.37. The number of aromatic amines is 1. The van der Waals surface area contributed by atoms with Crippen molar-refractivity contribution in [1.29, 1.82) is 0 Å². The van der Waals surface area contributed by atoms with Gasteiger partial charge in [-0.3, -0.25) is 19.1 Å². The maximum atomic E-state index is 11.9.